The molecule has 0 unspecified atom stereocenters. The van der Waals surface area contributed by atoms with Gasteiger partial charge in [-0.3, -0.25) is 4.79 Å². The summed E-state index contributed by atoms with van der Waals surface area (Å²) < 4.78 is 16.4. The van der Waals surface area contributed by atoms with Crippen LogP contribution in [0.25, 0.3) is 0 Å². The molecule has 1 saturated heterocycles. The fraction of sp³-hybridized carbons (Fsp3) is 0.364. The molecule has 2 aliphatic rings. The lowest BCUT2D eigenvalue weighted by Crippen LogP contribution is -2.49. The van der Waals surface area contributed by atoms with Gasteiger partial charge in [0, 0.05) is 19.0 Å². The first-order valence-corrected chi connectivity index (χ1v) is 9.51. The fourth-order valence-corrected chi connectivity index (χ4v) is 3.83. The molecule has 0 radical (unpaired) electrons. The van der Waals surface area contributed by atoms with E-state index in [0.29, 0.717) is 30.2 Å². The number of hydrogen-bond donors (Lipinski definition) is 0. The summed E-state index contributed by atoms with van der Waals surface area (Å²) in [7, 11) is 1.38. The molecule has 6 nitrogen and oxygen atoms in total. The van der Waals surface area contributed by atoms with Crippen molar-refractivity contribution in [1.29, 1.82) is 0 Å². The third-order valence-electron chi connectivity index (χ3n) is 5.30. The van der Waals surface area contributed by atoms with E-state index in [4.69, 9.17) is 14.2 Å². The highest BCUT2D eigenvalue weighted by atomic mass is 16.6. The Morgan fingerprint density at radius 1 is 1.11 bits per heavy atom. The maximum absolute atomic E-state index is 13.0. The van der Waals surface area contributed by atoms with Gasteiger partial charge in [0.2, 0.25) is 6.10 Å². The molecule has 1 fully saturated rings. The molecule has 2 atom stereocenters. The third-order valence-corrected chi connectivity index (χ3v) is 5.30. The van der Waals surface area contributed by atoms with E-state index in [2.05, 4.69) is 0 Å². The smallest absolute Gasteiger partial charge is 0.337 e. The number of likely N-dealkylation sites (tertiary alicyclic amines) is 1. The molecule has 2 heterocycles. The maximum atomic E-state index is 13.0. The van der Waals surface area contributed by atoms with E-state index in [-0.39, 0.29) is 24.4 Å². The van der Waals surface area contributed by atoms with Crippen LogP contribution in [0.15, 0.2) is 48.5 Å². The van der Waals surface area contributed by atoms with E-state index < -0.39 is 6.10 Å². The molecule has 28 heavy (non-hydrogen) atoms. The molecule has 1 amide bonds. The van der Waals surface area contributed by atoms with Crippen LogP contribution in [0, 0.1) is 0 Å². The molecular formula is C22H23NO5. The van der Waals surface area contributed by atoms with Crippen LogP contribution in [-0.4, -0.2) is 49.7 Å². The molecule has 0 N–H and O–H groups in total. The Morgan fingerprint density at radius 2 is 1.93 bits per heavy atom. The highest BCUT2D eigenvalue weighted by molar-refractivity contribution is 5.89. The summed E-state index contributed by atoms with van der Waals surface area (Å²) in [6, 6.07) is 14.8. The first-order chi connectivity index (χ1) is 13.7. The highest BCUT2D eigenvalue weighted by Crippen LogP contribution is 2.33. The van der Waals surface area contributed by atoms with Gasteiger partial charge in [0.1, 0.15) is 6.61 Å². The summed E-state index contributed by atoms with van der Waals surface area (Å²) in [5.74, 6) is 1.05. The van der Waals surface area contributed by atoms with E-state index in [1.54, 1.807) is 6.07 Å². The zero-order valence-corrected chi connectivity index (χ0v) is 15.8. The Balaban J connectivity index is 1.45. The van der Waals surface area contributed by atoms with Crippen LogP contribution in [0.1, 0.15) is 34.7 Å². The summed E-state index contributed by atoms with van der Waals surface area (Å²) in [6.45, 7) is 1.52. The number of fused-ring (bicyclic) bond motifs is 1. The normalized spacial score (nSPS) is 21.1. The van der Waals surface area contributed by atoms with Crippen molar-refractivity contribution in [2.45, 2.75) is 24.9 Å². The lowest BCUT2D eigenvalue weighted by Gasteiger charge is -2.36. The molecule has 0 bridgehead atoms. The van der Waals surface area contributed by atoms with Crippen molar-refractivity contribution in [3.63, 3.8) is 0 Å². The van der Waals surface area contributed by atoms with Crippen molar-refractivity contribution in [2.24, 2.45) is 0 Å². The number of ether oxygens (including phenoxy) is 3. The van der Waals surface area contributed by atoms with Crippen molar-refractivity contribution in [3.8, 4) is 11.5 Å². The van der Waals surface area contributed by atoms with E-state index >= 15 is 0 Å². The Kier molecular flexibility index (Phi) is 5.19. The van der Waals surface area contributed by atoms with Crippen LogP contribution >= 0.6 is 0 Å². The Labute approximate surface area is 164 Å². The number of amides is 1. The van der Waals surface area contributed by atoms with Crippen LogP contribution in [0.4, 0.5) is 0 Å². The monoisotopic (exact) mass is 381 g/mol. The van der Waals surface area contributed by atoms with Crippen LogP contribution < -0.4 is 9.47 Å². The minimum atomic E-state index is -0.630. The van der Waals surface area contributed by atoms with Gasteiger partial charge in [-0.05, 0) is 42.7 Å². The predicted molar refractivity (Wildman–Crippen MR) is 103 cm³/mol. The Hall–Kier alpha value is -3.02. The predicted octanol–water partition coefficient (Wildman–Crippen LogP) is 3.02. The topological polar surface area (TPSA) is 65.1 Å². The number of carbonyl (C=O) groups excluding carboxylic acids is 2. The minimum Gasteiger partial charge on any atom is -0.485 e. The number of piperidine rings is 1. The summed E-state index contributed by atoms with van der Waals surface area (Å²) in [5, 5.41) is 0. The average molecular weight is 381 g/mol. The van der Waals surface area contributed by atoms with Gasteiger partial charge >= 0.3 is 5.97 Å². The third kappa shape index (κ3) is 3.67. The molecular weight excluding hydrogens is 358 g/mol. The van der Waals surface area contributed by atoms with Crippen LogP contribution in [0.5, 0.6) is 11.5 Å². The molecule has 0 saturated carbocycles. The van der Waals surface area contributed by atoms with Crippen LogP contribution in [-0.2, 0) is 9.53 Å². The lowest BCUT2D eigenvalue weighted by atomic mass is 9.89. The first-order valence-electron chi connectivity index (χ1n) is 9.51. The summed E-state index contributed by atoms with van der Waals surface area (Å²) in [6.07, 6.45) is 1.25. The number of para-hydroxylation sites is 2. The number of esters is 1. The molecule has 0 spiro atoms. The average Bonchev–Trinajstić information content (AvgIpc) is 2.78. The number of benzene rings is 2. The van der Waals surface area contributed by atoms with Gasteiger partial charge in [-0.1, -0.05) is 24.3 Å². The minimum absolute atomic E-state index is 0.0525. The summed E-state index contributed by atoms with van der Waals surface area (Å²) in [4.78, 5) is 26.7. The van der Waals surface area contributed by atoms with Gasteiger partial charge in [-0.2, -0.15) is 0 Å². The Bertz CT molecular complexity index is 881. The van der Waals surface area contributed by atoms with E-state index in [0.717, 1.165) is 18.4 Å². The number of nitrogens with zero attached hydrogens (tertiary/aromatic N) is 1. The van der Waals surface area contributed by atoms with Crippen molar-refractivity contribution in [2.75, 3.05) is 26.8 Å². The van der Waals surface area contributed by atoms with Crippen molar-refractivity contribution >= 4 is 11.9 Å². The van der Waals surface area contributed by atoms with Gasteiger partial charge in [0.15, 0.2) is 11.5 Å². The van der Waals surface area contributed by atoms with Crippen molar-refractivity contribution in [1.82, 2.24) is 4.90 Å². The number of methoxy groups -OCH3 is 1. The zero-order chi connectivity index (χ0) is 19.5. The maximum Gasteiger partial charge on any atom is 0.337 e. The second-order valence-corrected chi connectivity index (χ2v) is 7.10. The summed E-state index contributed by atoms with van der Waals surface area (Å²) >= 11 is 0. The summed E-state index contributed by atoms with van der Waals surface area (Å²) in [5.41, 5.74) is 1.58. The number of carbonyl (C=O) groups is 2. The molecule has 0 aliphatic carbocycles. The molecule has 6 heteroatoms. The van der Waals surface area contributed by atoms with Gasteiger partial charge in [-0.15, -0.1) is 0 Å². The largest absolute Gasteiger partial charge is 0.485 e. The van der Waals surface area contributed by atoms with E-state index in [1.807, 2.05) is 47.4 Å². The van der Waals surface area contributed by atoms with Crippen LogP contribution in [0.3, 0.4) is 0 Å². The second kappa shape index (κ2) is 7.92. The Morgan fingerprint density at radius 3 is 2.75 bits per heavy atom. The van der Waals surface area contributed by atoms with Crippen LogP contribution in [0.2, 0.25) is 0 Å². The first kappa shape index (κ1) is 18.3. The van der Waals surface area contributed by atoms with Gasteiger partial charge in [0.25, 0.3) is 5.91 Å². The van der Waals surface area contributed by atoms with Gasteiger partial charge < -0.3 is 19.1 Å². The van der Waals surface area contributed by atoms with Crippen molar-refractivity contribution in [3.05, 3.63) is 59.7 Å². The lowest BCUT2D eigenvalue weighted by molar-refractivity contribution is -0.142. The van der Waals surface area contributed by atoms with Gasteiger partial charge in [-0.25, -0.2) is 4.79 Å². The second-order valence-electron chi connectivity index (χ2n) is 7.10. The molecule has 2 aromatic rings. The number of rotatable bonds is 3. The fourth-order valence-electron chi connectivity index (χ4n) is 3.83. The molecule has 4 rings (SSSR count). The standard InChI is InChI=1S/C22H23NO5/c1-26-22(25)16-7-4-6-15(12-16)17-8-5-11-23(13-17)21(24)20-14-27-18-9-2-3-10-19(18)28-20/h2-4,6-7,9-10,12,17,20H,5,8,11,13-14H2,1H3/t17-,20+/m0/s1. The quantitative estimate of drug-likeness (QED) is 0.765. The highest BCUT2D eigenvalue weighted by Gasteiger charge is 2.34. The molecule has 2 aromatic carbocycles. The van der Waals surface area contributed by atoms with Crippen molar-refractivity contribution < 1.29 is 23.8 Å². The molecule has 2 aliphatic heterocycles. The molecule has 146 valence electrons. The molecule has 0 aromatic heterocycles. The SMILES string of the molecule is COC(=O)c1cccc([C@H]2CCCN(C(=O)[C@H]3COc4ccccc4O3)C2)c1. The van der Waals surface area contributed by atoms with Gasteiger partial charge in [0.05, 0.1) is 12.7 Å². The van der Waals surface area contributed by atoms with E-state index in [9.17, 15) is 9.59 Å². The number of hydrogen-bond acceptors (Lipinski definition) is 5. The zero-order valence-electron chi connectivity index (χ0n) is 15.8. The van der Waals surface area contributed by atoms with E-state index in [1.165, 1.54) is 7.11 Å².